The molecule has 0 unspecified atom stereocenters. The number of esters is 3. The minimum absolute atomic E-state index is 0.488. The van der Waals surface area contributed by atoms with Crippen molar-refractivity contribution in [2.45, 2.75) is 95.9 Å². The van der Waals surface area contributed by atoms with Gasteiger partial charge in [-0.2, -0.15) is 0 Å². The Morgan fingerprint density at radius 1 is 0.737 bits per heavy atom. The zero-order valence-electron chi connectivity index (χ0n) is 21.5. The van der Waals surface area contributed by atoms with Crippen molar-refractivity contribution in [2.24, 2.45) is 0 Å². The van der Waals surface area contributed by atoms with Gasteiger partial charge in [0.05, 0.1) is 6.61 Å². The number of nitrogens with one attached hydrogen (secondary N) is 2. The van der Waals surface area contributed by atoms with Crippen LogP contribution in [0.2, 0.25) is 0 Å². The van der Waals surface area contributed by atoms with Gasteiger partial charge < -0.3 is 54.4 Å². The summed E-state index contributed by atoms with van der Waals surface area (Å²) in [5.74, 6) is -3.56. The van der Waals surface area contributed by atoms with E-state index < -0.39 is 104 Å². The van der Waals surface area contributed by atoms with Crippen LogP contribution < -0.4 is 10.6 Å². The van der Waals surface area contributed by atoms with Crippen LogP contribution in [-0.4, -0.2) is 120 Å². The first kappa shape index (κ1) is 31.3. The second-order valence-electron chi connectivity index (χ2n) is 8.79. The molecule has 5 N–H and O–H groups in total. The standard InChI is InChI=1S/C22H34N2O14/c1-8(26)23-15-17(31)18(13(6-25)36-21(15)32)38-22-16(24-9(2)27)20(35-12(5)30)19(34-11(4)29)14(37-22)7-33-10(3)28/h13-22,25,31-32H,6-7H2,1-5H3,(H,23,26)(H,24,27)/t13-,14-,15-,16+,17+,18+,19+,20-,21-,22+/m1/s1. The topological polar surface area (TPSA) is 225 Å². The molecule has 10 atom stereocenters. The number of aliphatic hydroxyl groups excluding tert-OH is 3. The van der Waals surface area contributed by atoms with Crippen LogP contribution in [0.25, 0.3) is 0 Å². The molecule has 216 valence electrons. The highest BCUT2D eigenvalue weighted by atomic mass is 16.7. The summed E-state index contributed by atoms with van der Waals surface area (Å²) in [4.78, 5) is 58.9. The number of hydrogen-bond donors (Lipinski definition) is 5. The van der Waals surface area contributed by atoms with Gasteiger partial charge >= 0.3 is 17.9 Å². The van der Waals surface area contributed by atoms with E-state index in [2.05, 4.69) is 10.6 Å². The molecule has 0 aromatic heterocycles. The molecule has 2 rings (SSSR count). The highest BCUT2D eigenvalue weighted by Crippen LogP contribution is 2.31. The van der Waals surface area contributed by atoms with E-state index >= 15 is 0 Å². The fourth-order valence-corrected chi connectivity index (χ4v) is 4.20. The lowest BCUT2D eigenvalue weighted by molar-refractivity contribution is -0.329. The molecule has 38 heavy (non-hydrogen) atoms. The Morgan fingerprint density at radius 2 is 1.29 bits per heavy atom. The molecule has 2 fully saturated rings. The number of carbonyl (C=O) groups excluding carboxylic acids is 5. The molecule has 0 saturated carbocycles. The third-order valence-corrected chi connectivity index (χ3v) is 5.60. The lowest BCUT2D eigenvalue weighted by Crippen LogP contribution is -2.70. The van der Waals surface area contributed by atoms with Gasteiger partial charge in [0.15, 0.2) is 24.8 Å². The van der Waals surface area contributed by atoms with Gasteiger partial charge in [-0.1, -0.05) is 0 Å². The van der Waals surface area contributed by atoms with E-state index in [9.17, 15) is 39.3 Å². The molecule has 2 aliphatic rings. The summed E-state index contributed by atoms with van der Waals surface area (Å²) in [6, 6.07) is -2.73. The van der Waals surface area contributed by atoms with E-state index in [-0.39, 0.29) is 0 Å². The Labute approximate surface area is 217 Å². The van der Waals surface area contributed by atoms with Crippen LogP contribution >= 0.6 is 0 Å². The van der Waals surface area contributed by atoms with Crippen LogP contribution in [0.4, 0.5) is 0 Å². The molecule has 0 spiro atoms. The average molecular weight is 551 g/mol. The summed E-state index contributed by atoms with van der Waals surface area (Å²) in [5, 5.41) is 35.7. The third-order valence-electron chi connectivity index (χ3n) is 5.60. The van der Waals surface area contributed by atoms with Crippen molar-refractivity contribution in [3.63, 3.8) is 0 Å². The highest BCUT2D eigenvalue weighted by Gasteiger charge is 2.54. The average Bonchev–Trinajstić information content (AvgIpc) is 2.79. The fourth-order valence-electron chi connectivity index (χ4n) is 4.20. The van der Waals surface area contributed by atoms with E-state index in [1.165, 1.54) is 0 Å². The maximum atomic E-state index is 12.1. The highest BCUT2D eigenvalue weighted by molar-refractivity contribution is 5.74. The van der Waals surface area contributed by atoms with Crippen LogP contribution in [-0.2, 0) is 52.4 Å². The molecule has 16 nitrogen and oxygen atoms in total. The summed E-state index contributed by atoms with van der Waals surface area (Å²) in [6.45, 7) is 4.33. The van der Waals surface area contributed by atoms with Crippen LogP contribution in [0.5, 0.6) is 0 Å². The molecular formula is C22H34N2O14. The summed E-state index contributed by atoms with van der Waals surface area (Å²) in [6.07, 6.45) is -11.8. The number of ether oxygens (including phenoxy) is 6. The molecule has 2 amide bonds. The van der Waals surface area contributed by atoms with Crippen molar-refractivity contribution in [2.75, 3.05) is 13.2 Å². The Hall–Kier alpha value is -2.89. The first-order valence-electron chi connectivity index (χ1n) is 11.7. The SMILES string of the molecule is CC(=O)N[C@@H]1[C@H](O[C@@H]2[C@@H](O)[C@@H](NC(C)=O)[C@H](O)O[C@@H]2CO)O[C@H](COC(C)=O)[C@H](OC(C)=O)[C@@H]1OC(C)=O. The first-order chi connectivity index (χ1) is 17.7. The van der Waals surface area contributed by atoms with Crippen molar-refractivity contribution in [3.8, 4) is 0 Å². The number of aliphatic hydroxyl groups is 3. The van der Waals surface area contributed by atoms with Gasteiger partial charge in [0.2, 0.25) is 11.8 Å². The molecule has 16 heteroatoms. The van der Waals surface area contributed by atoms with Gasteiger partial charge in [-0.25, -0.2) is 0 Å². The van der Waals surface area contributed by atoms with Crippen LogP contribution in [0, 0.1) is 0 Å². The number of carbonyl (C=O) groups is 5. The Balaban J connectivity index is 2.50. The molecular weight excluding hydrogens is 516 g/mol. The lowest BCUT2D eigenvalue weighted by atomic mass is 9.94. The van der Waals surface area contributed by atoms with E-state index in [0.29, 0.717) is 0 Å². The smallest absolute Gasteiger partial charge is 0.303 e. The molecule has 0 bridgehead atoms. The minimum Gasteiger partial charge on any atom is -0.463 e. The zero-order valence-corrected chi connectivity index (χ0v) is 21.5. The second-order valence-corrected chi connectivity index (χ2v) is 8.79. The van der Waals surface area contributed by atoms with Crippen molar-refractivity contribution >= 4 is 29.7 Å². The molecule has 0 aromatic carbocycles. The van der Waals surface area contributed by atoms with Gasteiger partial charge in [0.1, 0.15) is 43.1 Å². The summed E-state index contributed by atoms with van der Waals surface area (Å²) < 4.78 is 32.8. The van der Waals surface area contributed by atoms with Gasteiger partial charge in [0.25, 0.3) is 0 Å². The molecule has 2 saturated heterocycles. The Kier molecular flexibility index (Phi) is 11.4. The van der Waals surface area contributed by atoms with Gasteiger partial charge in [-0.15, -0.1) is 0 Å². The number of hydrogen-bond acceptors (Lipinski definition) is 14. The second kappa shape index (κ2) is 13.8. The largest absolute Gasteiger partial charge is 0.463 e. The zero-order chi connectivity index (χ0) is 28.7. The lowest BCUT2D eigenvalue weighted by Gasteiger charge is -2.48. The predicted molar refractivity (Wildman–Crippen MR) is 120 cm³/mol. The number of rotatable bonds is 9. The molecule has 2 heterocycles. The predicted octanol–water partition coefficient (Wildman–Crippen LogP) is -3.40. The maximum absolute atomic E-state index is 12.1. The van der Waals surface area contributed by atoms with E-state index in [1.807, 2.05) is 0 Å². The molecule has 0 radical (unpaired) electrons. The van der Waals surface area contributed by atoms with E-state index in [4.69, 9.17) is 28.4 Å². The molecule has 0 aromatic rings. The maximum Gasteiger partial charge on any atom is 0.303 e. The van der Waals surface area contributed by atoms with Crippen molar-refractivity contribution in [1.29, 1.82) is 0 Å². The van der Waals surface area contributed by atoms with Crippen LogP contribution in [0.3, 0.4) is 0 Å². The van der Waals surface area contributed by atoms with Crippen molar-refractivity contribution in [1.82, 2.24) is 10.6 Å². The minimum atomic E-state index is -1.71. The monoisotopic (exact) mass is 550 g/mol. The molecule has 2 aliphatic heterocycles. The van der Waals surface area contributed by atoms with Gasteiger partial charge in [0, 0.05) is 34.6 Å². The Bertz CT molecular complexity index is 884. The quantitative estimate of drug-likeness (QED) is 0.139. The van der Waals surface area contributed by atoms with Crippen molar-refractivity contribution < 1.29 is 67.7 Å². The van der Waals surface area contributed by atoms with Gasteiger partial charge in [-0.05, 0) is 0 Å². The van der Waals surface area contributed by atoms with E-state index in [0.717, 1.165) is 34.6 Å². The summed E-state index contributed by atoms with van der Waals surface area (Å²) in [5.41, 5.74) is 0. The van der Waals surface area contributed by atoms with Crippen LogP contribution in [0.1, 0.15) is 34.6 Å². The van der Waals surface area contributed by atoms with Crippen LogP contribution in [0.15, 0.2) is 0 Å². The Morgan fingerprint density at radius 3 is 1.79 bits per heavy atom. The van der Waals surface area contributed by atoms with Gasteiger partial charge in [-0.3, -0.25) is 24.0 Å². The fraction of sp³-hybridized carbons (Fsp3) is 0.773. The summed E-state index contributed by atoms with van der Waals surface area (Å²) in [7, 11) is 0. The normalized spacial score (nSPS) is 34.9. The van der Waals surface area contributed by atoms with Crippen molar-refractivity contribution in [3.05, 3.63) is 0 Å². The van der Waals surface area contributed by atoms with E-state index in [1.54, 1.807) is 0 Å². The first-order valence-corrected chi connectivity index (χ1v) is 11.7. The summed E-state index contributed by atoms with van der Waals surface area (Å²) >= 11 is 0. The number of amides is 2. The third kappa shape index (κ3) is 8.31. The molecule has 0 aliphatic carbocycles.